The van der Waals surface area contributed by atoms with Gasteiger partial charge >= 0.3 is 11.9 Å². The Balaban J connectivity index is 3.20. The minimum Gasteiger partial charge on any atom is -0.468 e. The van der Waals surface area contributed by atoms with Crippen LogP contribution in [0, 0.1) is 29.1 Å². The van der Waals surface area contributed by atoms with E-state index in [0.29, 0.717) is 17.8 Å². The van der Waals surface area contributed by atoms with Gasteiger partial charge in [-0.2, -0.15) is 0 Å². The molecule has 20 heavy (non-hydrogen) atoms. The molecule has 1 rings (SSSR count). The lowest BCUT2D eigenvalue weighted by molar-refractivity contribution is -0.176. The first-order chi connectivity index (χ1) is 9.28. The van der Waals surface area contributed by atoms with E-state index in [4.69, 9.17) is 9.47 Å². The summed E-state index contributed by atoms with van der Waals surface area (Å²) in [7, 11) is 2.67. The predicted molar refractivity (Wildman–Crippen MR) is 77.0 cm³/mol. The highest BCUT2D eigenvalue weighted by Gasteiger charge is 2.54. The molecule has 1 aliphatic rings. The van der Waals surface area contributed by atoms with Gasteiger partial charge in [0.25, 0.3) is 0 Å². The standard InChI is InChI=1S/C16H28O4/c1-10(2)12-8-7-11(3)9-13(12)16(4,14(17)19-5)15(18)20-6/h10-13H,7-9H2,1-6H3. The molecular formula is C16H28O4. The van der Waals surface area contributed by atoms with Crippen LogP contribution in [-0.2, 0) is 19.1 Å². The molecule has 1 fully saturated rings. The lowest BCUT2D eigenvalue weighted by Gasteiger charge is -2.44. The van der Waals surface area contributed by atoms with Gasteiger partial charge in [-0.3, -0.25) is 9.59 Å². The average molecular weight is 284 g/mol. The van der Waals surface area contributed by atoms with Crippen LogP contribution in [0.1, 0.15) is 47.0 Å². The molecule has 1 aliphatic carbocycles. The number of hydrogen-bond acceptors (Lipinski definition) is 4. The van der Waals surface area contributed by atoms with Gasteiger partial charge in [0.1, 0.15) is 0 Å². The first-order valence-electron chi connectivity index (χ1n) is 7.45. The predicted octanol–water partition coefficient (Wildman–Crippen LogP) is 3.05. The van der Waals surface area contributed by atoms with E-state index in [2.05, 4.69) is 20.8 Å². The zero-order chi connectivity index (χ0) is 15.5. The van der Waals surface area contributed by atoms with Crippen molar-refractivity contribution < 1.29 is 19.1 Å². The maximum Gasteiger partial charge on any atom is 0.323 e. The summed E-state index contributed by atoms with van der Waals surface area (Å²) in [5.41, 5.74) is -1.20. The molecule has 0 aromatic carbocycles. The second kappa shape index (κ2) is 6.59. The molecule has 3 unspecified atom stereocenters. The Morgan fingerprint density at radius 1 is 1.10 bits per heavy atom. The number of ether oxygens (including phenoxy) is 2. The Hall–Kier alpha value is -1.06. The molecular weight excluding hydrogens is 256 g/mol. The molecule has 0 spiro atoms. The summed E-state index contributed by atoms with van der Waals surface area (Å²) in [6, 6.07) is 0. The summed E-state index contributed by atoms with van der Waals surface area (Å²) in [5.74, 6) is 0.313. The van der Waals surface area contributed by atoms with Crippen molar-refractivity contribution in [3.05, 3.63) is 0 Å². The molecule has 0 aliphatic heterocycles. The van der Waals surface area contributed by atoms with E-state index in [0.717, 1.165) is 19.3 Å². The fourth-order valence-corrected chi connectivity index (χ4v) is 3.68. The first-order valence-corrected chi connectivity index (χ1v) is 7.45. The fourth-order valence-electron chi connectivity index (χ4n) is 3.68. The third-order valence-electron chi connectivity index (χ3n) is 4.98. The highest BCUT2D eigenvalue weighted by molar-refractivity contribution is 6.00. The first kappa shape index (κ1) is 17.0. The Morgan fingerprint density at radius 3 is 2.00 bits per heavy atom. The van der Waals surface area contributed by atoms with Gasteiger partial charge in [0.05, 0.1) is 14.2 Å². The molecule has 0 amide bonds. The molecule has 4 nitrogen and oxygen atoms in total. The van der Waals surface area contributed by atoms with E-state index >= 15 is 0 Å². The highest BCUT2D eigenvalue weighted by atomic mass is 16.5. The van der Waals surface area contributed by atoms with Crippen LogP contribution in [0.3, 0.4) is 0 Å². The van der Waals surface area contributed by atoms with Crippen molar-refractivity contribution in [1.82, 2.24) is 0 Å². The molecule has 0 bridgehead atoms. The van der Waals surface area contributed by atoms with Crippen molar-refractivity contribution in [2.75, 3.05) is 14.2 Å². The number of carbonyl (C=O) groups excluding carboxylic acids is 2. The topological polar surface area (TPSA) is 52.6 Å². The van der Waals surface area contributed by atoms with Gasteiger partial charge in [-0.1, -0.05) is 27.2 Å². The highest BCUT2D eigenvalue weighted by Crippen LogP contribution is 2.48. The van der Waals surface area contributed by atoms with Gasteiger partial charge in [0, 0.05) is 0 Å². The minimum atomic E-state index is -1.20. The molecule has 1 saturated carbocycles. The molecule has 0 radical (unpaired) electrons. The SMILES string of the molecule is COC(=O)C(C)(C(=O)OC)C1CC(C)CCC1C(C)C. The zero-order valence-electron chi connectivity index (χ0n) is 13.6. The van der Waals surface area contributed by atoms with Crippen LogP contribution in [0.4, 0.5) is 0 Å². The molecule has 116 valence electrons. The Labute approximate surface area is 122 Å². The largest absolute Gasteiger partial charge is 0.468 e. The van der Waals surface area contributed by atoms with Crippen LogP contribution in [0.5, 0.6) is 0 Å². The molecule has 0 saturated heterocycles. The summed E-state index contributed by atoms with van der Waals surface area (Å²) >= 11 is 0. The third-order valence-corrected chi connectivity index (χ3v) is 4.98. The van der Waals surface area contributed by atoms with E-state index < -0.39 is 17.4 Å². The van der Waals surface area contributed by atoms with Gasteiger partial charge < -0.3 is 9.47 Å². The second-order valence-corrected chi connectivity index (χ2v) is 6.62. The molecule has 4 heteroatoms. The second-order valence-electron chi connectivity index (χ2n) is 6.62. The maximum absolute atomic E-state index is 12.3. The van der Waals surface area contributed by atoms with Crippen molar-refractivity contribution in [3.63, 3.8) is 0 Å². The fraction of sp³-hybridized carbons (Fsp3) is 0.875. The maximum atomic E-state index is 12.3. The van der Waals surface area contributed by atoms with Crippen LogP contribution in [0.25, 0.3) is 0 Å². The van der Waals surface area contributed by atoms with Crippen LogP contribution >= 0.6 is 0 Å². The summed E-state index contributed by atoms with van der Waals surface area (Å²) in [6.07, 6.45) is 3.06. The molecule has 0 heterocycles. The summed E-state index contributed by atoms with van der Waals surface area (Å²) in [4.78, 5) is 24.6. The van der Waals surface area contributed by atoms with E-state index in [1.807, 2.05) is 0 Å². The smallest absolute Gasteiger partial charge is 0.323 e. The van der Waals surface area contributed by atoms with E-state index in [1.54, 1.807) is 6.92 Å². The summed E-state index contributed by atoms with van der Waals surface area (Å²) in [5, 5.41) is 0. The van der Waals surface area contributed by atoms with Crippen molar-refractivity contribution in [1.29, 1.82) is 0 Å². The molecule has 3 atom stereocenters. The minimum absolute atomic E-state index is 0.0221. The quantitative estimate of drug-likeness (QED) is 0.588. The van der Waals surface area contributed by atoms with Crippen LogP contribution in [-0.4, -0.2) is 26.2 Å². The van der Waals surface area contributed by atoms with E-state index in [-0.39, 0.29) is 5.92 Å². The lowest BCUT2D eigenvalue weighted by Crippen LogP contribution is -2.50. The van der Waals surface area contributed by atoms with Crippen molar-refractivity contribution in [3.8, 4) is 0 Å². The van der Waals surface area contributed by atoms with Gasteiger partial charge in [0.15, 0.2) is 5.41 Å². The van der Waals surface area contributed by atoms with Gasteiger partial charge in [0.2, 0.25) is 0 Å². The number of rotatable bonds is 4. The van der Waals surface area contributed by atoms with Crippen LogP contribution in [0.2, 0.25) is 0 Å². The number of methoxy groups -OCH3 is 2. The van der Waals surface area contributed by atoms with Crippen molar-refractivity contribution >= 4 is 11.9 Å². The van der Waals surface area contributed by atoms with E-state index in [1.165, 1.54) is 14.2 Å². The third kappa shape index (κ3) is 2.99. The summed E-state index contributed by atoms with van der Waals surface area (Å²) < 4.78 is 9.83. The average Bonchev–Trinajstić information content (AvgIpc) is 2.43. The van der Waals surface area contributed by atoms with Crippen molar-refractivity contribution in [2.45, 2.75) is 47.0 Å². The summed E-state index contributed by atoms with van der Waals surface area (Å²) in [6.45, 7) is 8.17. The van der Waals surface area contributed by atoms with Crippen LogP contribution in [0.15, 0.2) is 0 Å². The number of hydrogen-bond donors (Lipinski definition) is 0. The molecule has 0 N–H and O–H groups in total. The molecule has 0 aromatic rings. The van der Waals surface area contributed by atoms with Gasteiger partial charge in [-0.25, -0.2) is 0 Å². The normalized spacial score (nSPS) is 27.2. The van der Waals surface area contributed by atoms with Gasteiger partial charge in [-0.15, -0.1) is 0 Å². The number of carbonyl (C=O) groups is 2. The number of esters is 2. The van der Waals surface area contributed by atoms with Crippen molar-refractivity contribution in [2.24, 2.45) is 29.1 Å². The Morgan fingerprint density at radius 2 is 1.60 bits per heavy atom. The lowest BCUT2D eigenvalue weighted by atomic mass is 9.59. The molecule has 0 aromatic heterocycles. The Kier molecular flexibility index (Phi) is 5.60. The van der Waals surface area contributed by atoms with Crippen LogP contribution < -0.4 is 0 Å². The zero-order valence-corrected chi connectivity index (χ0v) is 13.6. The Bertz CT molecular complexity index is 345. The monoisotopic (exact) mass is 284 g/mol. The van der Waals surface area contributed by atoms with E-state index in [9.17, 15) is 9.59 Å². The van der Waals surface area contributed by atoms with Gasteiger partial charge in [-0.05, 0) is 43.4 Å².